The molecule has 1 aliphatic heterocycles. The molecule has 0 bridgehead atoms. The molecular formula is C14H22FN3. The second-order valence-corrected chi connectivity index (χ2v) is 5.15. The van der Waals surface area contributed by atoms with Crippen LogP contribution in [0.25, 0.3) is 0 Å². The predicted octanol–water partition coefficient (Wildman–Crippen LogP) is 1.51. The molecule has 0 spiro atoms. The Morgan fingerprint density at radius 3 is 2.39 bits per heavy atom. The zero-order valence-electron chi connectivity index (χ0n) is 11.2. The Hall–Kier alpha value is -0.970. The van der Waals surface area contributed by atoms with Crippen molar-refractivity contribution in [2.75, 3.05) is 33.2 Å². The first-order chi connectivity index (χ1) is 8.63. The number of halogens is 1. The van der Waals surface area contributed by atoms with Gasteiger partial charge in [-0.25, -0.2) is 9.40 Å². The Balaban J connectivity index is 1.78. The lowest BCUT2D eigenvalue weighted by Gasteiger charge is -2.34. The lowest BCUT2D eigenvalue weighted by atomic mass is 10.1. The normalized spacial score (nSPS) is 19.9. The van der Waals surface area contributed by atoms with Crippen LogP contribution in [0.4, 0.5) is 4.39 Å². The third-order valence-corrected chi connectivity index (χ3v) is 3.36. The number of nitrogens with one attached hydrogen (secondary N) is 1. The van der Waals surface area contributed by atoms with Crippen molar-refractivity contribution >= 4 is 0 Å². The van der Waals surface area contributed by atoms with Crippen molar-refractivity contribution in [3.63, 3.8) is 0 Å². The van der Waals surface area contributed by atoms with Gasteiger partial charge in [-0.05, 0) is 38.1 Å². The van der Waals surface area contributed by atoms with Crippen LogP contribution in [0.15, 0.2) is 24.3 Å². The van der Waals surface area contributed by atoms with E-state index < -0.39 is 0 Å². The highest BCUT2D eigenvalue weighted by Crippen LogP contribution is 2.06. The highest BCUT2D eigenvalue weighted by molar-refractivity contribution is 5.16. The standard InChI is InChI=1S/C14H22FN3/c1-12(11-13-3-5-14(15)6-4-13)16-18-9-7-17(2)8-10-18/h3-6,12,16H,7-11H2,1-2H3/t12-/m0/s1. The van der Waals surface area contributed by atoms with Crippen molar-refractivity contribution in [2.24, 2.45) is 0 Å². The van der Waals surface area contributed by atoms with E-state index in [2.05, 4.69) is 29.3 Å². The molecule has 100 valence electrons. The smallest absolute Gasteiger partial charge is 0.123 e. The van der Waals surface area contributed by atoms with Crippen LogP contribution in [0, 0.1) is 5.82 Å². The Morgan fingerprint density at radius 1 is 1.17 bits per heavy atom. The van der Waals surface area contributed by atoms with Gasteiger partial charge >= 0.3 is 0 Å². The lowest BCUT2D eigenvalue weighted by molar-refractivity contribution is 0.0899. The topological polar surface area (TPSA) is 18.5 Å². The van der Waals surface area contributed by atoms with Crippen molar-refractivity contribution in [2.45, 2.75) is 19.4 Å². The quantitative estimate of drug-likeness (QED) is 0.875. The number of nitrogens with zero attached hydrogens (tertiary/aromatic N) is 2. The third kappa shape index (κ3) is 4.05. The monoisotopic (exact) mass is 251 g/mol. The minimum Gasteiger partial charge on any atom is -0.304 e. The van der Waals surface area contributed by atoms with Crippen molar-refractivity contribution in [3.05, 3.63) is 35.6 Å². The first-order valence-corrected chi connectivity index (χ1v) is 6.57. The molecule has 1 aromatic carbocycles. The Kier molecular flexibility index (Phi) is 4.69. The van der Waals surface area contributed by atoms with E-state index >= 15 is 0 Å². The summed E-state index contributed by atoms with van der Waals surface area (Å²) < 4.78 is 12.8. The summed E-state index contributed by atoms with van der Waals surface area (Å²) in [5, 5.41) is 2.29. The van der Waals surface area contributed by atoms with E-state index in [0.717, 1.165) is 32.6 Å². The van der Waals surface area contributed by atoms with Crippen LogP contribution in [0.1, 0.15) is 12.5 Å². The highest BCUT2D eigenvalue weighted by Gasteiger charge is 2.15. The van der Waals surface area contributed by atoms with Gasteiger partial charge in [-0.2, -0.15) is 0 Å². The van der Waals surface area contributed by atoms with Crippen molar-refractivity contribution in [1.82, 2.24) is 15.3 Å². The van der Waals surface area contributed by atoms with Crippen molar-refractivity contribution < 1.29 is 4.39 Å². The molecule has 0 aliphatic carbocycles. The van der Waals surface area contributed by atoms with E-state index in [1.165, 1.54) is 17.7 Å². The van der Waals surface area contributed by atoms with E-state index in [1.807, 2.05) is 12.1 Å². The molecule has 0 saturated carbocycles. The first-order valence-electron chi connectivity index (χ1n) is 6.57. The van der Waals surface area contributed by atoms with Gasteiger partial charge in [-0.1, -0.05) is 12.1 Å². The molecule has 1 aromatic rings. The second-order valence-electron chi connectivity index (χ2n) is 5.15. The maximum absolute atomic E-state index is 12.8. The number of hydrogen-bond donors (Lipinski definition) is 1. The Morgan fingerprint density at radius 2 is 1.78 bits per heavy atom. The van der Waals surface area contributed by atoms with E-state index in [0.29, 0.717) is 6.04 Å². The Labute approximate surface area is 109 Å². The van der Waals surface area contributed by atoms with Gasteiger partial charge < -0.3 is 4.90 Å². The largest absolute Gasteiger partial charge is 0.304 e. The summed E-state index contributed by atoms with van der Waals surface area (Å²) >= 11 is 0. The van der Waals surface area contributed by atoms with Gasteiger partial charge in [0.2, 0.25) is 0 Å². The van der Waals surface area contributed by atoms with Gasteiger partial charge in [0, 0.05) is 32.2 Å². The molecule has 1 saturated heterocycles. The predicted molar refractivity (Wildman–Crippen MR) is 71.8 cm³/mol. The fourth-order valence-corrected chi connectivity index (χ4v) is 2.27. The summed E-state index contributed by atoms with van der Waals surface area (Å²) in [6.07, 6.45) is 0.923. The van der Waals surface area contributed by atoms with Gasteiger partial charge in [0.05, 0.1) is 0 Å². The highest BCUT2D eigenvalue weighted by atomic mass is 19.1. The molecule has 0 aromatic heterocycles. The average Bonchev–Trinajstić information content (AvgIpc) is 2.35. The van der Waals surface area contributed by atoms with Gasteiger partial charge in [-0.15, -0.1) is 0 Å². The molecule has 1 fully saturated rings. The molecule has 18 heavy (non-hydrogen) atoms. The lowest BCUT2D eigenvalue weighted by Crippen LogP contribution is -2.53. The molecule has 0 unspecified atom stereocenters. The SMILES string of the molecule is C[C@@H](Cc1ccc(F)cc1)NN1CCN(C)CC1. The van der Waals surface area contributed by atoms with Gasteiger partial charge in [0.25, 0.3) is 0 Å². The molecular weight excluding hydrogens is 229 g/mol. The molecule has 4 heteroatoms. The average molecular weight is 251 g/mol. The molecule has 0 radical (unpaired) electrons. The summed E-state index contributed by atoms with van der Waals surface area (Å²) in [6.45, 7) is 6.50. The maximum atomic E-state index is 12.8. The van der Waals surface area contributed by atoms with Crippen LogP contribution in [0.3, 0.4) is 0 Å². The fourth-order valence-electron chi connectivity index (χ4n) is 2.27. The zero-order chi connectivity index (χ0) is 13.0. The number of rotatable bonds is 4. The fraction of sp³-hybridized carbons (Fsp3) is 0.571. The molecule has 1 heterocycles. The summed E-state index contributed by atoms with van der Waals surface area (Å²) in [5.41, 5.74) is 4.69. The van der Waals surface area contributed by atoms with Gasteiger partial charge in [0.15, 0.2) is 0 Å². The molecule has 1 N–H and O–H groups in total. The number of benzene rings is 1. The Bertz CT molecular complexity index is 358. The van der Waals surface area contributed by atoms with Crippen LogP contribution in [-0.4, -0.2) is 49.2 Å². The van der Waals surface area contributed by atoms with Crippen LogP contribution in [0.5, 0.6) is 0 Å². The molecule has 0 amide bonds. The number of likely N-dealkylation sites (N-methyl/N-ethyl adjacent to an activating group) is 1. The van der Waals surface area contributed by atoms with Crippen molar-refractivity contribution in [1.29, 1.82) is 0 Å². The van der Waals surface area contributed by atoms with Crippen LogP contribution >= 0.6 is 0 Å². The van der Waals surface area contributed by atoms with E-state index in [4.69, 9.17) is 0 Å². The van der Waals surface area contributed by atoms with E-state index in [-0.39, 0.29) is 5.82 Å². The van der Waals surface area contributed by atoms with E-state index in [9.17, 15) is 4.39 Å². The number of hydrogen-bond acceptors (Lipinski definition) is 3. The summed E-state index contributed by atoms with van der Waals surface area (Å²) in [6, 6.07) is 7.14. The zero-order valence-corrected chi connectivity index (χ0v) is 11.2. The van der Waals surface area contributed by atoms with Crippen LogP contribution in [-0.2, 0) is 6.42 Å². The van der Waals surface area contributed by atoms with Gasteiger partial charge in [0.1, 0.15) is 5.82 Å². The summed E-state index contributed by atoms with van der Waals surface area (Å²) in [5.74, 6) is -0.168. The molecule has 1 atom stereocenters. The minimum absolute atomic E-state index is 0.168. The summed E-state index contributed by atoms with van der Waals surface area (Å²) in [4.78, 5) is 2.34. The van der Waals surface area contributed by atoms with Gasteiger partial charge in [-0.3, -0.25) is 5.43 Å². The second kappa shape index (κ2) is 6.27. The number of hydrazine groups is 1. The van der Waals surface area contributed by atoms with Crippen LogP contribution in [0.2, 0.25) is 0 Å². The maximum Gasteiger partial charge on any atom is 0.123 e. The molecule has 1 aliphatic rings. The molecule has 3 nitrogen and oxygen atoms in total. The number of piperazine rings is 1. The third-order valence-electron chi connectivity index (χ3n) is 3.36. The van der Waals surface area contributed by atoms with Crippen molar-refractivity contribution in [3.8, 4) is 0 Å². The first kappa shape index (κ1) is 13.5. The van der Waals surface area contributed by atoms with E-state index in [1.54, 1.807) is 0 Å². The summed E-state index contributed by atoms with van der Waals surface area (Å²) in [7, 11) is 2.15. The molecule has 2 rings (SSSR count). The minimum atomic E-state index is -0.168. The van der Waals surface area contributed by atoms with Crippen LogP contribution < -0.4 is 5.43 Å².